The third-order valence-electron chi connectivity index (χ3n) is 4.91. The van der Waals surface area contributed by atoms with Gasteiger partial charge in [-0.1, -0.05) is 6.07 Å². The van der Waals surface area contributed by atoms with Gasteiger partial charge in [-0.3, -0.25) is 24.7 Å². The Bertz CT molecular complexity index is 942. The van der Waals surface area contributed by atoms with Crippen LogP contribution in [0.15, 0.2) is 36.5 Å². The zero-order valence-electron chi connectivity index (χ0n) is 16.7. The number of carbonyl (C=O) groups excluding carboxylic acids is 2. The first kappa shape index (κ1) is 21.0. The summed E-state index contributed by atoms with van der Waals surface area (Å²) in [5.41, 5.74) is 0.249. The largest absolute Gasteiger partial charge is 0.493 e. The number of hydrogen-bond acceptors (Lipinski definition) is 7. The van der Waals surface area contributed by atoms with E-state index in [-0.39, 0.29) is 48.2 Å². The number of methoxy groups -OCH3 is 2. The lowest BCUT2D eigenvalue weighted by Crippen LogP contribution is -2.51. The predicted molar refractivity (Wildman–Crippen MR) is 107 cm³/mol. The monoisotopic (exact) mass is 414 g/mol. The van der Waals surface area contributed by atoms with Crippen molar-refractivity contribution < 1.29 is 24.0 Å². The van der Waals surface area contributed by atoms with Crippen LogP contribution in [0.2, 0.25) is 0 Å². The fourth-order valence-corrected chi connectivity index (χ4v) is 3.29. The van der Waals surface area contributed by atoms with Crippen LogP contribution < -0.4 is 9.47 Å². The summed E-state index contributed by atoms with van der Waals surface area (Å²) >= 11 is 0. The van der Waals surface area contributed by atoms with Crippen molar-refractivity contribution in [1.29, 1.82) is 0 Å². The van der Waals surface area contributed by atoms with E-state index >= 15 is 0 Å². The molecule has 1 aliphatic rings. The molecule has 30 heavy (non-hydrogen) atoms. The normalized spacial score (nSPS) is 13.7. The topological polar surface area (TPSA) is 115 Å². The van der Waals surface area contributed by atoms with Gasteiger partial charge in [-0.25, -0.2) is 0 Å². The van der Waals surface area contributed by atoms with E-state index in [2.05, 4.69) is 4.98 Å². The molecule has 0 saturated carbocycles. The van der Waals surface area contributed by atoms with Crippen molar-refractivity contribution in [2.45, 2.75) is 6.42 Å². The van der Waals surface area contributed by atoms with Gasteiger partial charge in [-0.2, -0.15) is 0 Å². The van der Waals surface area contributed by atoms with Gasteiger partial charge in [0, 0.05) is 44.1 Å². The van der Waals surface area contributed by atoms with E-state index in [1.54, 1.807) is 23.2 Å². The number of pyridine rings is 1. The van der Waals surface area contributed by atoms with Gasteiger partial charge in [-0.15, -0.1) is 0 Å². The van der Waals surface area contributed by atoms with Gasteiger partial charge in [0.15, 0.2) is 11.5 Å². The standard InChI is InChI=1S/C20H22N4O6/c1-29-17-12-15(16(24(27)28)13-18(17)30-2)20(26)23-9-7-22(8-10-23)19(25)11-14-5-3-4-6-21-14/h3-6,12-13H,7-11H2,1-2H3. The van der Waals surface area contributed by atoms with E-state index < -0.39 is 10.8 Å². The first-order chi connectivity index (χ1) is 14.4. The number of carbonyl (C=O) groups is 2. The Morgan fingerprint density at radius 2 is 1.70 bits per heavy atom. The van der Waals surface area contributed by atoms with Crippen molar-refractivity contribution in [1.82, 2.24) is 14.8 Å². The van der Waals surface area contributed by atoms with Crippen LogP contribution in [-0.4, -0.2) is 71.9 Å². The molecule has 2 amide bonds. The molecule has 1 saturated heterocycles. The first-order valence-electron chi connectivity index (χ1n) is 9.32. The van der Waals surface area contributed by atoms with Gasteiger partial charge in [0.1, 0.15) is 5.56 Å². The summed E-state index contributed by atoms with van der Waals surface area (Å²) < 4.78 is 10.3. The summed E-state index contributed by atoms with van der Waals surface area (Å²) in [5.74, 6) is -0.154. The highest BCUT2D eigenvalue weighted by Gasteiger charge is 2.30. The van der Waals surface area contributed by atoms with E-state index in [1.807, 2.05) is 6.07 Å². The third-order valence-corrected chi connectivity index (χ3v) is 4.91. The van der Waals surface area contributed by atoms with Gasteiger partial charge in [0.05, 0.1) is 31.6 Å². The van der Waals surface area contributed by atoms with E-state index in [0.29, 0.717) is 18.8 Å². The number of nitro benzene ring substituents is 1. The number of nitrogens with zero attached hydrogens (tertiary/aromatic N) is 4. The molecule has 1 aliphatic heterocycles. The molecule has 0 atom stereocenters. The van der Waals surface area contributed by atoms with Crippen molar-refractivity contribution in [3.8, 4) is 11.5 Å². The van der Waals surface area contributed by atoms with Gasteiger partial charge >= 0.3 is 0 Å². The molecule has 2 heterocycles. The molecule has 158 valence electrons. The maximum atomic E-state index is 13.0. The maximum absolute atomic E-state index is 13.0. The molecule has 0 bridgehead atoms. The number of amides is 2. The van der Waals surface area contributed by atoms with Gasteiger partial charge in [0.2, 0.25) is 5.91 Å². The Kier molecular flexibility index (Phi) is 6.45. The first-order valence-corrected chi connectivity index (χ1v) is 9.32. The van der Waals surface area contributed by atoms with Crippen LogP contribution in [0.25, 0.3) is 0 Å². The number of benzene rings is 1. The van der Waals surface area contributed by atoms with Gasteiger partial charge in [-0.05, 0) is 12.1 Å². The molecule has 1 aromatic heterocycles. The summed E-state index contributed by atoms with van der Waals surface area (Å²) in [4.78, 5) is 43.6. The van der Waals surface area contributed by atoms with E-state index in [4.69, 9.17) is 9.47 Å². The Hall–Kier alpha value is -3.69. The van der Waals surface area contributed by atoms with Crippen molar-refractivity contribution in [3.05, 3.63) is 57.9 Å². The molecule has 1 fully saturated rings. The lowest BCUT2D eigenvalue weighted by atomic mass is 10.1. The molecule has 0 spiro atoms. The minimum absolute atomic E-state index is 0.0714. The zero-order valence-corrected chi connectivity index (χ0v) is 16.7. The SMILES string of the molecule is COc1cc(C(=O)N2CCN(C(=O)Cc3ccccn3)CC2)c([N+](=O)[O-])cc1OC. The van der Waals surface area contributed by atoms with E-state index in [9.17, 15) is 19.7 Å². The Morgan fingerprint density at radius 3 is 2.27 bits per heavy atom. The van der Waals surface area contributed by atoms with Crippen LogP contribution in [0.1, 0.15) is 16.1 Å². The highest BCUT2D eigenvalue weighted by molar-refractivity contribution is 5.99. The van der Waals surface area contributed by atoms with E-state index in [0.717, 1.165) is 0 Å². The van der Waals surface area contributed by atoms with Crippen LogP contribution in [0, 0.1) is 10.1 Å². The zero-order chi connectivity index (χ0) is 21.7. The van der Waals surface area contributed by atoms with E-state index in [1.165, 1.54) is 31.3 Å². The Morgan fingerprint density at radius 1 is 1.07 bits per heavy atom. The number of hydrogen-bond donors (Lipinski definition) is 0. The second kappa shape index (κ2) is 9.21. The quantitative estimate of drug-likeness (QED) is 0.520. The molecular weight excluding hydrogens is 392 g/mol. The smallest absolute Gasteiger partial charge is 0.286 e. The van der Waals surface area contributed by atoms with Crippen LogP contribution in [-0.2, 0) is 11.2 Å². The van der Waals surface area contributed by atoms with Crippen molar-refractivity contribution in [2.24, 2.45) is 0 Å². The average molecular weight is 414 g/mol. The highest BCUT2D eigenvalue weighted by Crippen LogP contribution is 2.35. The van der Waals surface area contributed by atoms with Gasteiger partial charge < -0.3 is 19.3 Å². The molecule has 3 rings (SSSR count). The second-order valence-electron chi connectivity index (χ2n) is 6.65. The van der Waals surface area contributed by atoms with Crippen molar-refractivity contribution in [2.75, 3.05) is 40.4 Å². The van der Waals surface area contributed by atoms with Crippen LogP contribution in [0.3, 0.4) is 0 Å². The minimum Gasteiger partial charge on any atom is -0.493 e. The molecular formula is C20H22N4O6. The Balaban J connectivity index is 1.70. The van der Waals surface area contributed by atoms with Crippen molar-refractivity contribution >= 4 is 17.5 Å². The van der Waals surface area contributed by atoms with Crippen LogP contribution >= 0.6 is 0 Å². The molecule has 0 aliphatic carbocycles. The molecule has 0 N–H and O–H groups in total. The summed E-state index contributed by atoms with van der Waals surface area (Å²) in [6, 6.07) is 7.89. The number of piperazine rings is 1. The molecule has 2 aromatic rings. The Labute approximate surface area is 173 Å². The van der Waals surface area contributed by atoms with Crippen LogP contribution in [0.5, 0.6) is 11.5 Å². The molecule has 10 heteroatoms. The number of ether oxygens (including phenoxy) is 2. The molecule has 0 radical (unpaired) electrons. The fourth-order valence-electron chi connectivity index (χ4n) is 3.29. The number of aromatic nitrogens is 1. The summed E-state index contributed by atoms with van der Waals surface area (Å²) in [6.07, 6.45) is 1.82. The lowest BCUT2D eigenvalue weighted by Gasteiger charge is -2.34. The number of rotatable bonds is 6. The summed E-state index contributed by atoms with van der Waals surface area (Å²) in [6.45, 7) is 1.24. The lowest BCUT2D eigenvalue weighted by molar-refractivity contribution is -0.385. The highest BCUT2D eigenvalue weighted by atomic mass is 16.6. The third kappa shape index (κ3) is 4.48. The van der Waals surface area contributed by atoms with Crippen molar-refractivity contribution in [3.63, 3.8) is 0 Å². The minimum atomic E-state index is -0.623. The molecule has 1 aromatic carbocycles. The summed E-state index contributed by atoms with van der Waals surface area (Å²) in [5, 5.41) is 11.5. The van der Waals surface area contributed by atoms with Gasteiger partial charge in [0.25, 0.3) is 11.6 Å². The maximum Gasteiger partial charge on any atom is 0.286 e. The average Bonchev–Trinajstić information content (AvgIpc) is 2.78. The molecule has 10 nitrogen and oxygen atoms in total. The number of nitro groups is 1. The summed E-state index contributed by atoms with van der Waals surface area (Å²) in [7, 11) is 2.76. The predicted octanol–water partition coefficient (Wildman–Crippen LogP) is 1.53. The second-order valence-corrected chi connectivity index (χ2v) is 6.65. The molecule has 0 unspecified atom stereocenters. The fraction of sp³-hybridized carbons (Fsp3) is 0.350. The van der Waals surface area contributed by atoms with Crippen LogP contribution in [0.4, 0.5) is 5.69 Å².